The molecule has 0 saturated heterocycles. The Morgan fingerprint density at radius 2 is 2.33 bits per heavy atom. The van der Waals surface area contributed by atoms with E-state index in [1.807, 2.05) is 0 Å². The molecule has 2 aliphatic carbocycles. The van der Waals surface area contributed by atoms with E-state index in [0.29, 0.717) is 11.7 Å². The van der Waals surface area contributed by atoms with Gasteiger partial charge in [0.1, 0.15) is 5.78 Å². The first kappa shape index (κ1) is 8.03. The van der Waals surface area contributed by atoms with Crippen molar-refractivity contribution in [2.45, 2.75) is 39.0 Å². The Morgan fingerprint density at radius 3 is 3.08 bits per heavy atom. The number of hydrogen-bond acceptors (Lipinski definition) is 1. The van der Waals surface area contributed by atoms with E-state index in [0.717, 1.165) is 25.7 Å². The van der Waals surface area contributed by atoms with Crippen molar-refractivity contribution in [2.75, 3.05) is 0 Å². The van der Waals surface area contributed by atoms with Gasteiger partial charge in [0, 0.05) is 11.8 Å². The molecule has 2 aliphatic rings. The van der Waals surface area contributed by atoms with E-state index in [2.05, 4.69) is 19.1 Å². The molecular weight excluding hydrogens is 148 g/mol. The molecule has 0 aromatic rings. The SMILES string of the molecule is CC12CC=CCC1CCCC2=O. The molecule has 0 radical (unpaired) electrons. The van der Waals surface area contributed by atoms with Crippen LogP contribution in [0, 0.1) is 11.3 Å². The number of Topliss-reactive ketones (excluding diaryl/α,β-unsaturated/α-hetero) is 1. The van der Waals surface area contributed by atoms with Gasteiger partial charge in [-0.05, 0) is 31.6 Å². The van der Waals surface area contributed by atoms with E-state index in [9.17, 15) is 4.79 Å². The minimum Gasteiger partial charge on any atom is -0.299 e. The third-order valence-electron chi connectivity index (χ3n) is 3.62. The van der Waals surface area contributed by atoms with Gasteiger partial charge in [0.05, 0.1) is 0 Å². The van der Waals surface area contributed by atoms with Crippen LogP contribution in [0.5, 0.6) is 0 Å². The highest BCUT2D eigenvalue weighted by atomic mass is 16.1. The molecule has 0 N–H and O–H groups in total. The van der Waals surface area contributed by atoms with E-state index < -0.39 is 0 Å². The van der Waals surface area contributed by atoms with Crippen LogP contribution in [0.25, 0.3) is 0 Å². The van der Waals surface area contributed by atoms with Crippen LogP contribution in [0.1, 0.15) is 39.0 Å². The lowest BCUT2D eigenvalue weighted by atomic mass is 9.62. The average Bonchev–Trinajstić information content (AvgIpc) is 2.07. The molecule has 0 amide bonds. The standard InChI is InChI=1S/C11H16O/c1-11-8-3-2-5-9(11)6-4-7-10(11)12/h2-3,9H,4-8H2,1H3. The molecule has 12 heavy (non-hydrogen) atoms. The Hall–Kier alpha value is -0.590. The molecule has 1 nitrogen and oxygen atoms in total. The monoisotopic (exact) mass is 164 g/mol. The molecule has 0 aromatic heterocycles. The first-order valence-electron chi connectivity index (χ1n) is 4.92. The lowest BCUT2D eigenvalue weighted by Gasteiger charge is -2.41. The summed E-state index contributed by atoms with van der Waals surface area (Å²) >= 11 is 0. The lowest BCUT2D eigenvalue weighted by molar-refractivity contribution is -0.134. The zero-order valence-corrected chi connectivity index (χ0v) is 7.68. The van der Waals surface area contributed by atoms with E-state index in [1.54, 1.807) is 0 Å². The van der Waals surface area contributed by atoms with E-state index in [-0.39, 0.29) is 5.41 Å². The Labute approximate surface area is 73.8 Å². The molecule has 1 fully saturated rings. The molecule has 0 bridgehead atoms. The van der Waals surface area contributed by atoms with Crippen molar-refractivity contribution in [1.82, 2.24) is 0 Å². The predicted molar refractivity (Wildman–Crippen MR) is 48.8 cm³/mol. The first-order chi connectivity index (χ1) is 5.73. The average molecular weight is 164 g/mol. The summed E-state index contributed by atoms with van der Waals surface area (Å²) in [6.45, 7) is 2.16. The molecule has 0 aliphatic heterocycles. The molecule has 66 valence electrons. The number of allylic oxidation sites excluding steroid dienone is 2. The molecule has 1 saturated carbocycles. The summed E-state index contributed by atoms with van der Waals surface area (Å²) in [6.07, 6.45) is 9.73. The van der Waals surface area contributed by atoms with Crippen molar-refractivity contribution in [3.05, 3.63) is 12.2 Å². The van der Waals surface area contributed by atoms with Gasteiger partial charge in [0.25, 0.3) is 0 Å². The molecule has 0 heterocycles. The van der Waals surface area contributed by atoms with Crippen LogP contribution < -0.4 is 0 Å². The van der Waals surface area contributed by atoms with E-state index in [4.69, 9.17) is 0 Å². The largest absolute Gasteiger partial charge is 0.299 e. The minimum absolute atomic E-state index is 0.00694. The Balaban J connectivity index is 2.27. The summed E-state index contributed by atoms with van der Waals surface area (Å²) in [4.78, 5) is 11.7. The van der Waals surface area contributed by atoms with Gasteiger partial charge in [0.15, 0.2) is 0 Å². The lowest BCUT2D eigenvalue weighted by Crippen LogP contribution is -2.40. The van der Waals surface area contributed by atoms with E-state index >= 15 is 0 Å². The van der Waals surface area contributed by atoms with Crippen LogP contribution >= 0.6 is 0 Å². The number of carbonyl (C=O) groups excluding carboxylic acids is 1. The number of ketones is 1. The summed E-state index contributed by atoms with van der Waals surface area (Å²) in [5, 5.41) is 0. The van der Waals surface area contributed by atoms with Crippen LogP contribution in [0.3, 0.4) is 0 Å². The van der Waals surface area contributed by atoms with Gasteiger partial charge in [0.2, 0.25) is 0 Å². The summed E-state index contributed by atoms with van der Waals surface area (Å²) in [6, 6.07) is 0. The predicted octanol–water partition coefficient (Wildman–Crippen LogP) is 2.71. The molecular formula is C11H16O. The number of rotatable bonds is 0. The minimum atomic E-state index is 0.00694. The van der Waals surface area contributed by atoms with Crippen molar-refractivity contribution < 1.29 is 4.79 Å². The Morgan fingerprint density at radius 1 is 1.50 bits per heavy atom. The van der Waals surface area contributed by atoms with E-state index in [1.165, 1.54) is 6.42 Å². The van der Waals surface area contributed by atoms with Crippen molar-refractivity contribution in [3.8, 4) is 0 Å². The van der Waals surface area contributed by atoms with Crippen molar-refractivity contribution in [2.24, 2.45) is 11.3 Å². The van der Waals surface area contributed by atoms with Gasteiger partial charge in [-0.1, -0.05) is 19.1 Å². The third kappa shape index (κ3) is 1.03. The Bertz CT molecular complexity index is 229. The number of carbonyl (C=O) groups is 1. The van der Waals surface area contributed by atoms with Crippen LogP contribution in [0.15, 0.2) is 12.2 Å². The zero-order valence-electron chi connectivity index (χ0n) is 7.68. The summed E-state index contributed by atoms with van der Waals surface area (Å²) in [7, 11) is 0. The molecule has 2 rings (SSSR count). The summed E-state index contributed by atoms with van der Waals surface area (Å²) < 4.78 is 0. The fraction of sp³-hybridized carbons (Fsp3) is 0.727. The van der Waals surface area contributed by atoms with Crippen molar-refractivity contribution >= 4 is 5.78 Å². The first-order valence-corrected chi connectivity index (χ1v) is 4.92. The maximum absolute atomic E-state index is 11.7. The smallest absolute Gasteiger partial charge is 0.139 e. The second kappa shape index (κ2) is 2.72. The fourth-order valence-electron chi connectivity index (χ4n) is 2.59. The summed E-state index contributed by atoms with van der Waals surface area (Å²) in [5.74, 6) is 1.15. The van der Waals surface area contributed by atoms with Gasteiger partial charge < -0.3 is 0 Å². The van der Waals surface area contributed by atoms with Gasteiger partial charge in [-0.2, -0.15) is 0 Å². The van der Waals surface area contributed by atoms with Crippen molar-refractivity contribution in [3.63, 3.8) is 0 Å². The molecule has 0 aromatic carbocycles. The zero-order chi connectivity index (χ0) is 8.60. The highest BCUT2D eigenvalue weighted by molar-refractivity contribution is 5.85. The Kier molecular flexibility index (Phi) is 1.82. The quantitative estimate of drug-likeness (QED) is 0.503. The van der Waals surface area contributed by atoms with Crippen LogP contribution in [-0.4, -0.2) is 5.78 Å². The fourth-order valence-corrected chi connectivity index (χ4v) is 2.59. The highest BCUT2D eigenvalue weighted by Gasteiger charge is 2.42. The van der Waals surface area contributed by atoms with Crippen LogP contribution in [-0.2, 0) is 4.79 Å². The van der Waals surface area contributed by atoms with Crippen molar-refractivity contribution in [1.29, 1.82) is 0 Å². The van der Waals surface area contributed by atoms with Gasteiger partial charge in [-0.25, -0.2) is 0 Å². The number of fused-ring (bicyclic) bond motifs is 1. The highest BCUT2D eigenvalue weighted by Crippen LogP contribution is 2.45. The van der Waals surface area contributed by atoms with Crippen LogP contribution in [0.4, 0.5) is 0 Å². The topological polar surface area (TPSA) is 17.1 Å². The van der Waals surface area contributed by atoms with Gasteiger partial charge in [-0.15, -0.1) is 0 Å². The molecule has 2 unspecified atom stereocenters. The second-order valence-electron chi connectivity index (χ2n) is 4.34. The molecule has 2 atom stereocenters. The molecule has 0 spiro atoms. The second-order valence-corrected chi connectivity index (χ2v) is 4.34. The molecule has 1 heteroatoms. The third-order valence-corrected chi connectivity index (χ3v) is 3.62. The summed E-state index contributed by atoms with van der Waals surface area (Å²) in [5.41, 5.74) is 0.00694. The van der Waals surface area contributed by atoms with Crippen LogP contribution in [0.2, 0.25) is 0 Å². The maximum atomic E-state index is 11.7. The maximum Gasteiger partial charge on any atom is 0.139 e. The number of hydrogen-bond donors (Lipinski definition) is 0. The van der Waals surface area contributed by atoms with Gasteiger partial charge >= 0.3 is 0 Å². The van der Waals surface area contributed by atoms with Gasteiger partial charge in [-0.3, -0.25) is 4.79 Å². The normalized spacial score (nSPS) is 41.1.